The Morgan fingerprint density at radius 3 is 2.55 bits per heavy atom. The van der Waals surface area contributed by atoms with E-state index in [4.69, 9.17) is 0 Å². The minimum absolute atomic E-state index is 0.00155. The standard InChI is InChI=1S/C22H25N3O4/c1-12(13-5-6-13)25(14-7-8-14)22(29)16-4-2-3-15-17(16)11-24(21(15)28)18-9-10-19(26)23-20(18)27/h2-4,12-14,18H,5-11H2,1H3,(H,23,26,27). The summed E-state index contributed by atoms with van der Waals surface area (Å²) in [7, 11) is 0. The normalized spacial score (nSPS) is 24.9. The van der Waals surface area contributed by atoms with Crippen molar-refractivity contribution in [1.29, 1.82) is 0 Å². The SMILES string of the molecule is CC(C1CC1)N(C(=O)c1cccc2c1CN(C1CCC(=O)NC1=O)C2=O)C1CC1. The predicted octanol–water partition coefficient (Wildman–Crippen LogP) is 1.85. The van der Waals surface area contributed by atoms with Gasteiger partial charge in [-0.15, -0.1) is 0 Å². The fourth-order valence-corrected chi connectivity index (χ4v) is 4.77. The predicted molar refractivity (Wildman–Crippen MR) is 104 cm³/mol. The van der Waals surface area contributed by atoms with Gasteiger partial charge in [0.25, 0.3) is 11.8 Å². The lowest BCUT2D eigenvalue weighted by atomic mass is 10.0. The number of carbonyl (C=O) groups is 4. The summed E-state index contributed by atoms with van der Waals surface area (Å²) in [6, 6.07) is 5.14. The summed E-state index contributed by atoms with van der Waals surface area (Å²) in [5.74, 6) is -0.394. The van der Waals surface area contributed by atoms with E-state index in [2.05, 4.69) is 12.2 Å². The number of fused-ring (bicyclic) bond motifs is 1. The summed E-state index contributed by atoms with van der Waals surface area (Å²) in [6.45, 7) is 2.37. The average molecular weight is 395 g/mol. The van der Waals surface area contributed by atoms with Crippen molar-refractivity contribution in [3.05, 3.63) is 34.9 Å². The van der Waals surface area contributed by atoms with Crippen LogP contribution < -0.4 is 5.32 Å². The first kappa shape index (κ1) is 18.3. The number of nitrogens with zero attached hydrogens (tertiary/aromatic N) is 2. The van der Waals surface area contributed by atoms with Crippen LogP contribution in [0.15, 0.2) is 18.2 Å². The smallest absolute Gasteiger partial charge is 0.255 e. The average Bonchev–Trinajstić information content (AvgIpc) is 3.60. The molecular weight excluding hydrogens is 370 g/mol. The number of hydrogen-bond donors (Lipinski definition) is 1. The number of amides is 4. The van der Waals surface area contributed by atoms with Crippen LogP contribution in [0.1, 0.15) is 71.7 Å². The Kier molecular flexibility index (Phi) is 4.22. The molecule has 1 aromatic rings. The van der Waals surface area contributed by atoms with Gasteiger partial charge in [0, 0.05) is 36.2 Å². The van der Waals surface area contributed by atoms with Crippen LogP contribution in [-0.4, -0.2) is 51.6 Å². The van der Waals surface area contributed by atoms with Crippen molar-refractivity contribution in [2.45, 2.75) is 70.1 Å². The van der Waals surface area contributed by atoms with Crippen LogP contribution in [0.2, 0.25) is 0 Å². The lowest BCUT2D eigenvalue weighted by Gasteiger charge is -2.31. The van der Waals surface area contributed by atoms with Crippen molar-refractivity contribution >= 4 is 23.6 Å². The van der Waals surface area contributed by atoms with Gasteiger partial charge in [-0.05, 0) is 62.6 Å². The van der Waals surface area contributed by atoms with Gasteiger partial charge in [-0.1, -0.05) is 6.07 Å². The van der Waals surface area contributed by atoms with Crippen LogP contribution >= 0.6 is 0 Å². The van der Waals surface area contributed by atoms with Crippen LogP contribution in [0.3, 0.4) is 0 Å². The third-order valence-corrected chi connectivity index (χ3v) is 6.73. The lowest BCUT2D eigenvalue weighted by molar-refractivity contribution is -0.136. The van der Waals surface area contributed by atoms with Crippen LogP contribution in [0.4, 0.5) is 0 Å². The Morgan fingerprint density at radius 2 is 1.90 bits per heavy atom. The maximum Gasteiger partial charge on any atom is 0.255 e. The summed E-state index contributed by atoms with van der Waals surface area (Å²) in [5.41, 5.74) is 1.78. The van der Waals surface area contributed by atoms with Crippen LogP contribution in [0.25, 0.3) is 0 Å². The van der Waals surface area contributed by atoms with Gasteiger partial charge in [0.2, 0.25) is 11.8 Å². The molecule has 0 radical (unpaired) electrons. The van der Waals surface area contributed by atoms with Crippen LogP contribution in [-0.2, 0) is 16.1 Å². The van der Waals surface area contributed by atoms with Crippen molar-refractivity contribution in [2.24, 2.45) is 5.92 Å². The van der Waals surface area contributed by atoms with Gasteiger partial charge in [0.05, 0.1) is 0 Å². The Bertz CT molecular complexity index is 919. The van der Waals surface area contributed by atoms with Gasteiger partial charge in [0.15, 0.2) is 0 Å². The van der Waals surface area contributed by atoms with E-state index in [0.29, 0.717) is 35.1 Å². The van der Waals surface area contributed by atoms with Crippen molar-refractivity contribution < 1.29 is 19.2 Å². The maximum atomic E-state index is 13.5. The molecule has 2 aliphatic heterocycles. The van der Waals surface area contributed by atoms with Gasteiger partial charge in [0.1, 0.15) is 6.04 Å². The fraction of sp³-hybridized carbons (Fsp3) is 0.545. The lowest BCUT2D eigenvalue weighted by Crippen LogP contribution is -2.52. The number of benzene rings is 1. The summed E-state index contributed by atoms with van der Waals surface area (Å²) in [5, 5.41) is 2.32. The van der Waals surface area contributed by atoms with E-state index in [1.807, 2.05) is 4.90 Å². The second-order valence-electron chi connectivity index (χ2n) is 8.75. The van der Waals surface area contributed by atoms with Crippen LogP contribution in [0.5, 0.6) is 0 Å². The molecule has 29 heavy (non-hydrogen) atoms. The minimum atomic E-state index is -0.666. The number of hydrogen-bond acceptors (Lipinski definition) is 4. The maximum absolute atomic E-state index is 13.5. The number of piperidine rings is 1. The molecule has 4 aliphatic rings. The second kappa shape index (κ2) is 6.68. The molecule has 2 aliphatic carbocycles. The zero-order chi connectivity index (χ0) is 20.3. The highest BCUT2D eigenvalue weighted by Crippen LogP contribution is 2.41. The molecule has 152 valence electrons. The van der Waals surface area contributed by atoms with E-state index < -0.39 is 11.9 Å². The highest BCUT2D eigenvalue weighted by atomic mass is 16.2. The number of rotatable bonds is 5. The molecule has 5 rings (SSSR count). The van der Waals surface area contributed by atoms with Crippen molar-refractivity contribution in [1.82, 2.24) is 15.1 Å². The summed E-state index contributed by atoms with van der Waals surface area (Å²) < 4.78 is 0. The van der Waals surface area contributed by atoms with E-state index >= 15 is 0 Å². The molecule has 7 heteroatoms. The minimum Gasteiger partial charge on any atom is -0.333 e. The van der Waals surface area contributed by atoms with Crippen LogP contribution in [0, 0.1) is 5.92 Å². The van der Waals surface area contributed by atoms with E-state index in [0.717, 1.165) is 12.8 Å². The van der Waals surface area contributed by atoms with E-state index in [1.165, 1.54) is 17.7 Å². The van der Waals surface area contributed by atoms with Crippen molar-refractivity contribution in [2.75, 3.05) is 0 Å². The molecule has 1 N–H and O–H groups in total. The van der Waals surface area contributed by atoms with Gasteiger partial charge in [-0.2, -0.15) is 0 Å². The molecule has 0 aromatic heterocycles. The third kappa shape index (κ3) is 3.12. The first-order valence-corrected chi connectivity index (χ1v) is 10.5. The molecular formula is C22H25N3O4. The molecule has 2 saturated carbocycles. The molecule has 4 amide bonds. The Morgan fingerprint density at radius 1 is 1.14 bits per heavy atom. The molecule has 7 nitrogen and oxygen atoms in total. The van der Waals surface area contributed by atoms with Crippen molar-refractivity contribution in [3.63, 3.8) is 0 Å². The molecule has 2 atom stereocenters. The highest BCUT2D eigenvalue weighted by molar-refractivity contribution is 6.07. The quantitative estimate of drug-likeness (QED) is 0.771. The number of carbonyl (C=O) groups excluding carboxylic acids is 4. The third-order valence-electron chi connectivity index (χ3n) is 6.73. The Hall–Kier alpha value is -2.70. The molecule has 0 spiro atoms. The monoisotopic (exact) mass is 395 g/mol. The van der Waals surface area contributed by atoms with Gasteiger partial charge < -0.3 is 9.80 Å². The largest absolute Gasteiger partial charge is 0.333 e. The Balaban J connectivity index is 1.44. The second-order valence-corrected chi connectivity index (χ2v) is 8.75. The first-order chi connectivity index (χ1) is 14.0. The summed E-state index contributed by atoms with van der Waals surface area (Å²) >= 11 is 0. The van der Waals surface area contributed by atoms with Gasteiger partial charge >= 0.3 is 0 Å². The summed E-state index contributed by atoms with van der Waals surface area (Å²) in [6.07, 6.45) is 4.97. The fourth-order valence-electron chi connectivity index (χ4n) is 4.77. The first-order valence-electron chi connectivity index (χ1n) is 10.5. The topological polar surface area (TPSA) is 86.8 Å². The zero-order valence-electron chi connectivity index (χ0n) is 16.5. The van der Waals surface area contributed by atoms with E-state index in [1.54, 1.807) is 18.2 Å². The Labute approximate surface area is 169 Å². The number of nitrogens with one attached hydrogen (secondary N) is 1. The molecule has 3 fully saturated rings. The van der Waals surface area contributed by atoms with Gasteiger partial charge in [-0.3, -0.25) is 24.5 Å². The highest BCUT2D eigenvalue weighted by Gasteiger charge is 2.44. The molecule has 2 unspecified atom stereocenters. The van der Waals surface area contributed by atoms with Gasteiger partial charge in [-0.25, -0.2) is 0 Å². The number of imide groups is 1. The molecule has 2 heterocycles. The molecule has 1 aromatic carbocycles. The summed E-state index contributed by atoms with van der Waals surface area (Å²) in [4.78, 5) is 53.8. The van der Waals surface area contributed by atoms with E-state index in [9.17, 15) is 19.2 Å². The van der Waals surface area contributed by atoms with E-state index in [-0.39, 0.29) is 36.7 Å². The van der Waals surface area contributed by atoms with Crippen molar-refractivity contribution in [3.8, 4) is 0 Å². The molecule has 0 bridgehead atoms. The zero-order valence-corrected chi connectivity index (χ0v) is 16.5. The molecule has 1 saturated heterocycles.